The van der Waals surface area contributed by atoms with E-state index in [9.17, 15) is 0 Å². The minimum Gasteiger partial charge on any atom is -0.496 e. The average molecular weight is 369 g/mol. The van der Waals surface area contributed by atoms with Crippen LogP contribution in [-0.2, 0) is 4.74 Å². The van der Waals surface area contributed by atoms with E-state index in [1.54, 1.807) is 7.11 Å². The van der Waals surface area contributed by atoms with E-state index in [4.69, 9.17) is 9.47 Å². The molecule has 0 heterocycles. The molecule has 0 bridgehead atoms. The zero-order chi connectivity index (χ0) is 20.2. The normalized spacial score (nSPS) is 13.1. The quantitative estimate of drug-likeness (QED) is 0.330. The number of hydrogen-bond donors (Lipinski definition) is 0. The van der Waals surface area contributed by atoms with Crippen LogP contribution in [0.3, 0.4) is 0 Å². The predicted molar refractivity (Wildman–Crippen MR) is 119 cm³/mol. The molecular weight excluding hydrogens is 332 g/mol. The lowest BCUT2D eigenvalue weighted by molar-refractivity contribution is 0.158. The Labute approximate surface area is 166 Å². The molecule has 0 saturated carbocycles. The van der Waals surface area contributed by atoms with Crippen molar-refractivity contribution in [3.05, 3.63) is 69.8 Å². The van der Waals surface area contributed by atoms with Crippen LogP contribution in [0.25, 0.3) is 6.08 Å². The second-order valence-corrected chi connectivity index (χ2v) is 7.04. The molecule has 0 spiro atoms. The third-order valence-corrected chi connectivity index (χ3v) is 4.72. The SMILES string of the molecule is CCCCOC/C=C(C)/C=C/C=C(C)/C=C/c1c(C)cc(OC)c(C)c1C. The molecule has 1 aromatic rings. The molecule has 2 heteroatoms. The number of hydrogen-bond acceptors (Lipinski definition) is 2. The van der Waals surface area contributed by atoms with E-state index in [0.717, 1.165) is 18.8 Å². The third kappa shape index (κ3) is 8.01. The number of methoxy groups -OCH3 is 1. The van der Waals surface area contributed by atoms with Gasteiger partial charge in [0.15, 0.2) is 0 Å². The second kappa shape index (κ2) is 12.3. The van der Waals surface area contributed by atoms with Crippen LogP contribution in [-0.4, -0.2) is 20.3 Å². The van der Waals surface area contributed by atoms with Gasteiger partial charge in [-0.25, -0.2) is 0 Å². The Hall–Kier alpha value is -2.06. The van der Waals surface area contributed by atoms with Crippen LogP contribution in [0.5, 0.6) is 5.75 Å². The Kier molecular flexibility index (Phi) is 10.5. The van der Waals surface area contributed by atoms with Crippen molar-refractivity contribution in [2.75, 3.05) is 20.3 Å². The van der Waals surface area contributed by atoms with Crippen molar-refractivity contribution in [3.8, 4) is 5.75 Å². The van der Waals surface area contributed by atoms with Gasteiger partial charge < -0.3 is 9.47 Å². The highest BCUT2D eigenvalue weighted by Crippen LogP contribution is 2.28. The molecule has 0 radical (unpaired) electrons. The Morgan fingerprint density at radius 3 is 2.44 bits per heavy atom. The lowest BCUT2D eigenvalue weighted by atomic mass is 9.96. The van der Waals surface area contributed by atoms with Gasteiger partial charge in [-0.1, -0.05) is 60.9 Å². The molecule has 0 aliphatic heterocycles. The van der Waals surface area contributed by atoms with E-state index >= 15 is 0 Å². The molecule has 0 aromatic heterocycles. The van der Waals surface area contributed by atoms with Gasteiger partial charge in [-0.05, 0) is 69.4 Å². The van der Waals surface area contributed by atoms with Gasteiger partial charge in [-0.15, -0.1) is 0 Å². The van der Waals surface area contributed by atoms with Crippen molar-refractivity contribution >= 4 is 6.08 Å². The van der Waals surface area contributed by atoms with Crippen LogP contribution in [0, 0.1) is 20.8 Å². The smallest absolute Gasteiger partial charge is 0.122 e. The van der Waals surface area contributed by atoms with Gasteiger partial charge in [-0.3, -0.25) is 0 Å². The standard InChI is InChI=1S/C25H36O2/c1-8-9-16-27-17-15-20(3)12-10-11-19(2)13-14-24-21(4)18-25(26-7)23(6)22(24)5/h10-15,18H,8-9,16-17H2,1-7H3/b12-10+,14-13+,19-11+,20-15+. The first-order valence-electron chi connectivity index (χ1n) is 9.83. The van der Waals surface area contributed by atoms with Crippen LogP contribution < -0.4 is 4.74 Å². The summed E-state index contributed by atoms with van der Waals surface area (Å²) in [6, 6.07) is 2.11. The van der Waals surface area contributed by atoms with Crippen molar-refractivity contribution < 1.29 is 9.47 Å². The number of rotatable bonds is 10. The lowest BCUT2D eigenvalue weighted by Crippen LogP contribution is -1.95. The number of unbranched alkanes of at least 4 members (excludes halogenated alkanes) is 1. The summed E-state index contributed by atoms with van der Waals surface area (Å²) in [6.07, 6.45) is 15.1. The fourth-order valence-electron chi connectivity index (χ4n) is 2.74. The zero-order valence-corrected chi connectivity index (χ0v) is 18.2. The molecule has 0 N–H and O–H groups in total. The molecule has 0 aliphatic rings. The number of ether oxygens (including phenoxy) is 2. The molecule has 0 amide bonds. The van der Waals surface area contributed by atoms with Gasteiger partial charge in [0.1, 0.15) is 5.75 Å². The van der Waals surface area contributed by atoms with E-state index in [-0.39, 0.29) is 0 Å². The maximum atomic E-state index is 5.56. The van der Waals surface area contributed by atoms with Crippen LogP contribution in [0.1, 0.15) is 55.9 Å². The molecule has 0 unspecified atom stereocenters. The van der Waals surface area contributed by atoms with E-state index in [2.05, 4.69) is 84.1 Å². The minimum atomic E-state index is 0.689. The summed E-state index contributed by atoms with van der Waals surface area (Å²) in [5.74, 6) is 0.957. The molecule has 27 heavy (non-hydrogen) atoms. The highest BCUT2D eigenvalue weighted by molar-refractivity contribution is 5.64. The summed E-state index contributed by atoms with van der Waals surface area (Å²) >= 11 is 0. The van der Waals surface area contributed by atoms with Gasteiger partial charge in [0.25, 0.3) is 0 Å². The van der Waals surface area contributed by atoms with Crippen LogP contribution >= 0.6 is 0 Å². The minimum absolute atomic E-state index is 0.689. The van der Waals surface area contributed by atoms with Crippen molar-refractivity contribution in [3.63, 3.8) is 0 Å². The highest BCUT2D eigenvalue weighted by atomic mass is 16.5. The first-order chi connectivity index (χ1) is 12.9. The average Bonchev–Trinajstić information content (AvgIpc) is 2.64. The van der Waals surface area contributed by atoms with Crippen molar-refractivity contribution in [2.45, 2.75) is 54.4 Å². The van der Waals surface area contributed by atoms with Crippen molar-refractivity contribution in [1.29, 1.82) is 0 Å². The maximum Gasteiger partial charge on any atom is 0.122 e. The van der Waals surface area contributed by atoms with E-state index in [0.29, 0.717) is 6.61 Å². The molecule has 0 fully saturated rings. The number of allylic oxidation sites excluding steroid dienone is 6. The molecule has 0 aliphatic carbocycles. The monoisotopic (exact) mass is 368 g/mol. The van der Waals surface area contributed by atoms with Crippen LogP contribution in [0.15, 0.2) is 47.6 Å². The Balaban J connectivity index is 2.72. The first-order valence-corrected chi connectivity index (χ1v) is 9.83. The van der Waals surface area contributed by atoms with E-state index in [1.165, 1.54) is 39.8 Å². The molecular formula is C25H36O2. The van der Waals surface area contributed by atoms with Gasteiger partial charge in [0.05, 0.1) is 13.7 Å². The number of benzene rings is 1. The fraction of sp³-hybridized carbons (Fsp3) is 0.440. The molecule has 148 valence electrons. The second-order valence-electron chi connectivity index (χ2n) is 7.04. The van der Waals surface area contributed by atoms with E-state index in [1.807, 2.05) is 0 Å². The largest absolute Gasteiger partial charge is 0.496 e. The Bertz CT molecular complexity index is 718. The van der Waals surface area contributed by atoms with Crippen molar-refractivity contribution in [1.82, 2.24) is 0 Å². The zero-order valence-electron chi connectivity index (χ0n) is 18.2. The summed E-state index contributed by atoms with van der Waals surface area (Å²) in [7, 11) is 1.73. The molecule has 2 nitrogen and oxygen atoms in total. The van der Waals surface area contributed by atoms with Gasteiger partial charge in [0.2, 0.25) is 0 Å². The molecule has 1 rings (SSSR count). The molecule has 0 saturated heterocycles. The molecule has 1 aromatic carbocycles. The number of aryl methyl sites for hydroxylation is 1. The lowest BCUT2D eigenvalue weighted by Gasteiger charge is -2.13. The van der Waals surface area contributed by atoms with Crippen molar-refractivity contribution in [2.24, 2.45) is 0 Å². The summed E-state index contributed by atoms with van der Waals surface area (Å²) in [6.45, 7) is 14.3. The summed E-state index contributed by atoms with van der Waals surface area (Å²) < 4.78 is 11.0. The summed E-state index contributed by atoms with van der Waals surface area (Å²) in [5, 5.41) is 0. The first kappa shape index (κ1) is 23.0. The predicted octanol–water partition coefficient (Wildman–Crippen LogP) is 6.90. The van der Waals surface area contributed by atoms with Crippen LogP contribution in [0.2, 0.25) is 0 Å². The highest BCUT2D eigenvalue weighted by Gasteiger charge is 2.08. The topological polar surface area (TPSA) is 18.5 Å². The Morgan fingerprint density at radius 1 is 1.04 bits per heavy atom. The maximum absolute atomic E-state index is 5.56. The van der Waals surface area contributed by atoms with Gasteiger partial charge in [0, 0.05) is 6.61 Å². The summed E-state index contributed by atoms with van der Waals surface area (Å²) in [4.78, 5) is 0. The Morgan fingerprint density at radius 2 is 1.78 bits per heavy atom. The fourth-order valence-corrected chi connectivity index (χ4v) is 2.74. The van der Waals surface area contributed by atoms with E-state index < -0.39 is 0 Å². The summed E-state index contributed by atoms with van der Waals surface area (Å²) in [5.41, 5.74) is 7.41. The van der Waals surface area contributed by atoms with Gasteiger partial charge in [-0.2, -0.15) is 0 Å². The molecule has 0 atom stereocenters. The third-order valence-electron chi connectivity index (χ3n) is 4.72. The van der Waals surface area contributed by atoms with Gasteiger partial charge >= 0.3 is 0 Å². The van der Waals surface area contributed by atoms with Crippen LogP contribution in [0.4, 0.5) is 0 Å².